The van der Waals surface area contributed by atoms with E-state index >= 15 is 0 Å². The monoisotopic (exact) mass is 261 g/mol. The van der Waals surface area contributed by atoms with Crippen molar-refractivity contribution in [3.05, 3.63) is 29.6 Å². The Morgan fingerprint density at radius 2 is 2.07 bits per heavy atom. The van der Waals surface area contributed by atoms with E-state index in [1.54, 1.807) is 0 Å². The van der Waals surface area contributed by atoms with Crippen LogP contribution in [-0.4, -0.2) is 16.1 Å². The smallest absolute Gasteiger partial charge is 0.300 e. The number of carbonyl (C=O) groups is 1. The molecule has 14 heavy (non-hydrogen) atoms. The minimum Gasteiger partial charge on any atom is -0.481 e. The van der Waals surface area contributed by atoms with Crippen molar-refractivity contribution in [2.24, 2.45) is 0 Å². The summed E-state index contributed by atoms with van der Waals surface area (Å²) >= 11 is 0. The van der Waals surface area contributed by atoms with E-state index in [-0.39, 0.29) is 17.0 Å². The molecule has 1 rings (SSSR count). The lowest BCUT2D eigenvalue weighted by molar-refractivity contribution is -0.134. The molecule has 0 aliphatic carbocycles. The molecule has 0 aliphatic rings. The molecule has 0 saturated carbocycles. The first-order chi connectivity index (χ1) is 6.07. The van der Waals surface area contributed by atoms with Crippen molar-refractivity contribution in [1.29, 1.82) is 0 Å². The van der Waals surface area contributed by atoms with Gasteiger partial charge in [0.25, 0.3) is 5.97 Å². The Kier molecular flexibility index (Phi) is 9.66. The van der Waals surface area contributed by atoms with Gasteiger partial charge in [0.15, 0.2) is 0 Å². The Balaban J connectivity index is 0. The van der Waals surface area contributed by atoms with Crippen LogP contribution < -0.4 is 0 Å². The van der Waals surface area contributed by atoms with Crippen LogP contribution in [0.5, 0.6) is 0 Å². The number of rotatable bonds is 1. The van der Waals surface area contributed by atoms with Gasteiger partial charge in [0.2, 0.25) is 0 Å². The Morgan fingerprint density at radius 1 is 1.57 bits per heavy atom. The van der Waals surface area contributed by atoms with Gasteiger partial charge in [-0.3, -0.25) is 9.78 Å². The topological polar surface area (TPSA) is 50.2 Å². The molecule has 0 radical (unpaired) electrons. The fourth-order valence-electron chi connectivity index (χ4n) is 0.891. The second-order valence-electron chi connectivity index (χ2n) is 2.62. The number of nitrogens with zero attached hydrogens (tertiary/aromatic N) is 1. The predicted octanol–water partition coefficient (Wildman–Crippen LogP) is 2.62. The lowest BCUT2D eigenvalue weighted by Crippen LogP contribution is -1.87. The standard InChI is InChI=1S/C8H11N.C2H4O2.BrH/c1-3-8-5-4-6-9-7(8)2;1-2(3)4;/h4-6H,3H2,1-2H3;1H3,(H,3,4);1H. The second-order valence-corrected chi connectivity index (χ2v) is 2.62. The van der Waals surface area contributed by atoms with E-state index in [0.29, 0.717) is 0 Å². The number of aryl methyl sites for hydroxylation is 2. The van der Waals surface area contributed by atoms with Crippen LogP contribution in [-0.2, 0) is 11.2 Å². The molecule has 0 unspecified atom stereocenters. The fraction of sp³-hybridized carbons (Fsp3) is 0.400. The lowest BCUT2D eigenvalue weighted by Gasteiger charge is -1.97. The fourth-order valence-corrected chi connectivity index (χ4v) is 0.891. The van der Waals surface area contributed by atoms with Crippen molar-refractivity contribution in [1.82, 2.24) is 4.98 Å². The van der Waals surface area contributed by atoms with E-state index < -0.39 is 5.97 Å². The summed E-state index contributed by atoms with van der Waals surface area (Å²) < 4.78 is 0. The van der Waals surface area contributed by atoms with Gasteiger partial charge in [0.1, 0.15) is 0 Å². The first-order valence-electron chi connectivity index (χ1n) is 4.18. The number of aliphatic carboxylic acids is 1. The maximum Gasteiger partial charge on any atom is 0.300 e. The van der Waals surface area contributed by atoms with Crippen LogP contribution >= 0.6 is 17.0 Å². The molecule has 0 atom stereocenters. The molecule has 1 heterocycles. The van der Waals surface area contributed by atoms with Crippen LogP contribution in [0, 0.1) is 6.92 Å². The zero-order valence-electron chi connectivity index (χ0n) is 8.65. The maximum absolute atomic E-state index is 9.00. The van der Waals surface area contributed by atoms with E-state index in [0.717, 1.165) is 19.0 Å². The molecule has 0 aliphatic heterocycles. The molecular weight excluding hydrogens is 246 g/mol. The SMILES string of the molecule is Br.CC(=O)O.CCc1cccnc1C. The van der Waals surface area contributed by atoms with Crippen LogP contribution in [0.15, 0.2) is 18.3 Å². The molecule has 1 N–H and O–H groups in total. The number of carboxylic acid groups (broad SMARTS) is 1. The number of hydrogen-bond donors (Lipinski definition) is 1. The van der Waals surface area contributed by atoms with Crippen molar-refractivity contribution in [2.75, 3.05) is 0 Å². The largest absolute Gasteiger partial charge is 0.481 e. The zero-order chi connectivity index (χ0) is 10.3. The van der Waals surface area contributed by atoms with Crippen molar-refractivity contribution in [3.8, 4) is 0 Å². The van der Waals surface area contributed by atoms with E-state index in [2.05, 4.69) is 18.0 Å². The van der Waals surface area contributed by atoms with Gasteiger partial charge in [-0.05, 0) is 25.0 Å². The van der Waals surface area contributed by atoms with Gasteiger partial charge in [-0.25, -0.2) is 0 Å². The van der Waals surface area contributed by atoms with Crippen molar-refractivity contribution < 1.29 is 9.90 Å². The molecule has 0 saturated heterocycles. The third-order valence-corrected chi connectivity index (χ3v) is 1.50. The third kappa shape index (κ3) is 7.73. The molecule has 1 aromatic rings. The molecular formula is C10H16BrNO2. The van der Waals surface area contributed by atoms with E-state index in [4.69, 9.17) is 9.90 Å². The Bertz CT molecular complexity index is 273. The number of carboxylic acids is 1. The van der Waals surface area contributed by atoms with Gasteiger partial charge in [0, 0.05) is 18.8 Å². The first-order valence-corrected chi connectivity index (χ1v) is 4.18. The summed E-state index contributed by atoms with van der Waals surface area (Å²) in [7, 11) is 0. The first kappa shape index (κ1) is 15.6. The highest BCUT2D eigenvalue weighted by Crippen LogP contribution is 2.02. The summed E-state index contributed by atoms with van der Waals surface area (Å²) in [4.78, 5) is 13.1. The van der Waals surface area contributed by atoms with Gasteiger partial charge in [0.05, 0.1) is 0 Å². The molecule has 0 bridgehead atoms. The summed E-state index contributed by atoms with van der Waals surface area (Å²) in [5, 5.41) is 7.42. The lowest BCUT2D eigenvalue weighted by atomic mass is 10.2. The zero-order valence-corrected chi connectivity index (χ0v) is 10.4. The number of pyridine rings is 1. The maximum atomic E-state index is 9.00. The predicted molar refractivity (Wildman–Crippen MR) is 62.0 cm³/mol. The van der Waals surface area contributed by atoms with E-state index in [1.807, 2.05) is 19.2 Å². The normalized spacial score (nSPS) is 7.93. The van der Waals surface area contributed by atoms with Gasteiger partial charge in [-0.15, -0.1) is 17.0 Å². The molecule has 80 valence electrons. The van der Waals surface area contributed by atoms with Crippen LogP contribution in [0.2, 0.25) is 0 Å². The van der Waals surface area contributed by atoms with Gasteiger partial charge < -0.3 is 5.11 Å². The Morgan fingerprint density at radius 3 is 2.36 bits per heavy atom. The van der Waals surface area contributed by atoms with Crippen molar-refractivity contribution in [2.45, 2.75) is 27.2 Å². The molecule has 1 aromatic heterocycles. The summed E-state index contributed by atoms with van der Waals surface area (Å²) in [5.74, 6) is -0.833. The molecule has 0 aromatic carbocycles. The summed E-state index contributed by atoms with van der Waals surface area (Å²) in [5.41, 5.74) is 2.50. The number of halogens is 1. The summed E-state index contributed by atoms with van der Waals surface area (Å²) in [6, 6.07) is 4.09. The molecule has 4 heteroatoms. The highest BCUT2D eigenvalue weighted by molar-refractivity contribution is 8.93. The van der Waals surface area contributed by atoms with Gasteiger partial charge in [-0.2, -0.15) is 0 Å². The third-order valence-electron chi connectivity index (χ3n) is 1.50. The van der Waals surface area contributed by atoms with Crippen molar-refractivity contribution in [3.63, 3.8) is 0 Å². The molecule has 0 fully saturated rings. The van der Waals surface area contributed by atoms with E-state index in [9.17, 15) is 0 Å². The second kappa shape index (κ2) is 8.69. The average Bonchev–Trinajstić information content (AvgIpc) is 2.04. The van der Waals surface area contributed by atoms with Gasteiger partial charge >= 0.3 is 0 Å². The minimum atomic E-state index is -0.833. The van der Waals surface area contributed by atoms with Crippen LogP contribution in [0.1, 0.15) is 25.1 Å². The molecule has 0 amide bonds. The van der Waals surface area contributed by atoms with Gasteiger partial charge in [-0.1, -0.05) is 13.0 Å². The van der Waals surface area contributed by atoms with Crippen LogP contribution in [0.25, 0.3) is 0 Å². The minimum absolute atomic E-state index is 0. The Hall–Kier alpha value is -0.900. The quantitative estimate of drug-likeness (QED) is 0.846. The highest BCUT2D eigenvalue weighted by Gasteiger charge is 1.91. The van der Waals surface area contributed by atoms with E-state index in [1.165, 1.54) is 5.56 Å². The van der Waals surface area contributed by atoms with Crippen molar-refractivity contribution >= 4 is 23.0 Å². The van der Waals surface area contributed by atoms with Crippen LogP contribution in [0.4, 0.5) is 0 Å². The highest BCUT2D eigenvalue weighted by atomic mass is 79.9. The number of hydrogen-bond acceptors (Lipinski definition) is 2. The average molecular weight is 262 g/mol. The summed E-state index contributed by atoms with van der Waals surface area (Å²) in [6.07, 6.45) is 2.91. The van der Waals surface area contributed by atoms with Crippen LogP contribution in [0.3, 0.4) is 0 Å². The summed E-state index contributed by atoms with van der Waals surface area (Å²) in [6.45, 7) is 5.27. The number of aromatic nitrogens is 1. The molecule has 0 spiro atoms. The Labute approximate surface area is 95.0 Å². The molecule has 3 nitrogen and oxygen atoms in total.